The molecule has 0 aliphatic heterocycles. The minimum Gasteiger partial charge on any atom is -0.462 e. The predicted molar refractivity (Wildman–Crippen MR) is 52.1 cm³/mol. The van der Waals surface area contributed by atoms with E-state index in [2.05, 4.69) is 12.6 Å². The molecule has 0 heterocycles. The molecule has 0 aliphatic carbocycles. The number of carbonyl (C=O) groups is 1. The summed E-state index contributed by atoms with van der Waals surface area (Å²) in [7, 11) is 1.60. The SMILES string of the molecule is COCCOCCOC(=O)C(C)S. The van der Waals surface area contributed by atoms with Crippen LogP contribution in [0, 0.1) is 0 Å². The Morgan fingerprint density at radius 1 is 1.31 bits per heavy atom. The molecular formula is C8H16O4S. The van der Waals surface area contributed by atoms with Crippen LogP contribution in [-0.2, 0) is 19.0 Å². The Morgan fingerprint density at radius 2 is 1.92 bits per heavy atom. The third-order valence-corrected chi connectivity index (χ3v) is 1.46. The van der Waals surface area contributed by atoms with Gasteiger partial charge in [-0.3, -0.25) is 4.79 Å². The van der Waals surface area contributed by atoms with Crippen LogP contribution in [-0.4, -0.2) is 44.8 Å². The lowest BCUT2D eigenvalue weighted by Crippen LogP contribution is -2.18. The minimum absolute atomic E-state index is 0.271. The van der Waals surface area contributed by atoms with E-state index in [1.165, 1.54) is 0 Å². The summed E-state index contributed by atoms with van der Waals surface area (Å²) in [6.45, 7) is 3.40. The zero-order chi connectivity index (χ0) is 10.1. The minimum atomic E-state index is -0.376. The van der Waals surface area contributed by atoms with Gasteiger partial charge >= 0.3 is 5.97 Å². The molecule has 0 amide bonds. The lowest BCUT2D eigenvalue weighted by atomic mass is 10.5. The summed E-state index contributed by atoms with van der Waals surface area (Å²) in [6.07, 6.45) is 0. The van der Waals surface area contributed by atoms with Crippen molar-refractivity contribution in [3.05, 3.63) is 0 Å². The average Bonchev–Trinajstić information content (AvgIpc) is 2.10. The molecule has 1 unspecified atom stereocenters. The van der Waals surface area contributed by atoms with Crippen molar-refractivity contribution in [3.8, 4) is 0 Å². The number of hydrogen-bond acceptors (Lipinski definition) is 5. The topological polar surface area (TPSA) is 44.8 Å². The molecule has 0 saturated carbocycles. The van der Waals surface area contributed by atoms with Crippen LogP contribution >= 0.6 is 12.6 Å². The molecule has 13 heavy (non-hydrogen) atoms. The smallest absolute Gasteiger partial charge is 0.318 e. The van der Waals surface area contributed by atoms with Crippen molar-refractivity contribution >= 4 is 18.6 Å². The summed E-state index contributed by atoms with van der Waals surface area (Å²) in [5.41, 5.74) is 0. The summed E-state index contributed by atoms with van der Waals surface area (Å²) >= 11 is 3.92. The van der Waals surface area contributed by atoms with Crippen LogP contribution in [0.25, 0.3) is 0 Å². The monoisotopic (exact) mass is 208 g/mol. The highest BCUT2D eigenvalue weighted by atomic mass is 32.1. The van der Waals surface area contributed by atoms with Crippen LogP contribution in [0.4, 0.5) is 0 Å². The molecule has 0 aromatic carbocycles. The van der Waals surface area contributed by atoms with E-state index in [9.17, 15) is 4.79 Å². The normalized spacial score (nSPS) is 12.5. The fraction of sp³-hybridized carbons (Fsp3) is 0.875. The summed E-state index contributed by atoms with van der Waals surface area (Å²) in [5.74, 6) is -0.321. The predicted octanol–water partition coefficient (Wildman–Crippen LogP) is 0.511. The summed E-state index contributed by atoms with van der Waals surface area (Å²) in [4.78, 5) is 10.9. The number of carbonyl (C=O) groups excluding carboxylic acids is 1. The van der Waals surface area contributed by atoms with Gasteiger partial charge in [0, 0.05) is 7.11 Å². The molecule has 4 nitrogen and oxygen atoms in total. The average molecular weight is 208 g/mol. The van der Waals surface area contributed by atoms with Crippen LogP contribution in [0.5, 0.6) is 0 Å². The van der Waals surface area contributed by atoms with Crippen LogP contribution < -0.4 is 0 Å². The number of ether oxygens (including phenoxy) is 3. The van der Waals surface area contributed by atoms with Gasteiger partial charge in [0.2, 0.25) is 0 Å². The quantitative estimate of drug-likeness (QED) is 0.376. The van der Waals surface area contributed by atoms with E-state index >= 15 is 0 Å². The Bertz CT molecular complexity index is 138. The van der Waals surface area contributed by atoms with Crippen molar-refractivity contribution in [1.29, 1.82) is 0 Å². The largest absolute Gasteiger partial charge is 0.462 e. The van der Waals surface area contributed by atoms with E-state index in [4.69, 9.17) is 14.2 Å². The van der Waals surface area contributed by atoms with Crippen molar-refractivity contribution in [2.45, 2.75) is 12.2 Å². The zero-order valence-corrected chi connectivity index (χ0v) is 8.88. The molecule has 78 valence electrons. The van der Waals surface area contributed by atoms with Gasteiger partial charge in [0.05, 0.1) is 25.1 Å². The molecule has 0 spiro atoms. The Kier molecular flexibility index (Phi) is 8.18. The first-order chi connectivity index (χ1) is 6.18. The molecule has 0 fully saturated rings. The van der Waals surface area contributed by atoms with Gasteiger partial charge in [0.1, 0.15) is 6.61 Å². The molecule has 0 aromatic rings. The van der Waals surface area contributed by atoms with Gasteiger partial charge in [-0.25, -0.2) is 0 Å². The Balaban J connectivity index is 3.12. The van der Waals surface area contributed by atoms with Crippen molar-refractivity contribution in [2.75, 3.05) is 33.5 Å². The van der Waals surface area contributed by atoms with Crippen LogP contribution in [0.3, 0.4) is 0 Å². The molecule has 0 radical (unpaired) electrons. The Labute approximate surface area is 84.0 Å². The molecule has 0 N–H and O–H groups in total. The van der Waals surface area contributed by atoms with Gasteiger partial charge in [-0.1, -0.05) is 0 Å². The number of hydrogen-bond donors (Lipinski definition) is 1. The lowest BCUT2D eigenvalue weighted by molar-refractivity contribution is -0.144. The summed E-state index contributed by atoms with van der Waals surface area (Å²) in [5, 5.41) is -0.376. The third-order valence-electron chi connectivity index (χ3n) is 1.24. The standard InChI is InChI=1S/C8H16O4S/c1-7(13)8(9)12-6-5-11-4-3-10-2/h7,13H,3-6H2,1-2H3. The summed E-state index contributed by atoms with van der Waals surface area (Å²) in [6, 6.07) is 0. The number of thiol groups is 1. The van der Waals surface area contributed by atoms with Crippen LogP contribution in [0.2, 0.25) is 0 Å². The second-order valence-corrected chi connectivity index (χ2v) is 3.22. The number of methoxy groups -OCH3 is 1. The van der Waals surface area contributed by atoms with E-state index in [1.54, 1.807) is 14.0 Å². The maximum atomic E-state index is 10.9. The number of rotatable bonds is 7. The van der Waals surface area contributed by atoms with E-state index in [0.29, 0.717) is 19.8 Å². The van der Waals surface area contributed by atoms with Crippen molar-refractivity contribution in [1.82, 2.24) is 0 Å². The van der Waals surface area contributed by atoms with Crippen molar-refractivity contribution in [2.24, 2.45) is 0 Å². The van der Waals surface area contributed by atoms with E-state index in [0.717, 1.165) is 0 Å². The molecule has 5 heteroatoms. The second kappa shape index (κ2) is 8.34. The first-order valence-electron chi connectivity index (χ1n) is 4.10. The van der Waals surface area contributed by atoms with Crippen LogP contribution in [0.15, 0.2) is 0 Å². The molecule has 1 atom stereocenters. The van der Waals surface area contributed by atoms with E-state index in [-0.39, 0.29) is 17.8 Å². The fourth-order valence-corrected chi connectivity index (χ4v) is 0.641. The van der Waals surface area contributed by atoms with Gasteiger partial charge in [0.25, 0.3) is 0 Å². The lowest BCUT2D eigenvalue weighted by Gasteiger charge is -2.06. The molecular weight excluding hydrogens is 192 g/mol. The van der Waals surface area contributed by atoms with Crippen molar-refractivity contribution < 1.29 is 19.0 Å². The highest BCUT2D eigenvalue weighted by molar-refractivity contribution is 7.81. The zero-order valence-electron chi connectivity index (χ0n) is 7.99. The van der Waals surface area contributed by atoms with Gasteiger partial charge in [0.15, 0.2) is 0 Å². The summed E-state index contributed by atoms with van der Waals surface area (Å²) < 4.78 is 14.6. The highest BCUT2D eigenvalue weighted by Gasteiger charge is 2.07. The Hall–Kier alpha value is -0.260. The third kappa shape index (κ3) is 8.08. The maximum Gasteiger partial charge on any atom is 0.318 e. The molecule has 0 saturated heterocycles. The second-order valence-electron chi connectivity index (χ2n) is 2.45. The first kappa shape index (κ1) is 12.7. The van der Waals surface area contributed by atoms with Gasteiger partial charge in [-0.15, -0.1) is 0 Å². The van der Waals surface area contributed by atoms with E-state index < -0.39 is 0 Å². The first-order valence-corrected chi connectivity index (χ1v) is 4.61. The van der Waals surface area contributed by atoms with Gasteiger partial charge < -0.3 is 14.2 Å². The molecule has 0 bridgehead atoms. The number of esters is 1. The maximum absolute atomic E-state index is 10.9. The fourth-order valence-electron chi connectivity index (χ4n) is 0.566. The Morgan fingerprint density at radius 3 is 2.46 bits per heavy atom. The van der Waals surface area contributed by atoms with Gasteiger partial charge in [-0.2, -0.15) is 12.6 Å². The highest BCUT2D eigenvalue weighted by Crippen LogP contribution is 1.95. The van der Waals surface area contributed by atoms with Crippen molar-refractivity contribution in [3.63, 3.8) is 0 Å². The molecule has 0 aliphatic rings. The molecule has 0 rings (SSSR count). The van der Waals surface area contributed by atoms with Gasteiger partial charge in [-0.05, 0) is 6.92 Å². The van der Waals surface area contributed by atoms with Crippen LogP contribution in [0.1, 0.15) is 6.92 Å². The molecule has 0 aromatic heterocycles. The van der Waals surface area contributed by atoms with E-state index in [1.807, 2.05) is 0 Å².